The first-order valence-electron chi connectivity index (χ1n) is 8.79. The van der Waals surface area contributed by atoms with Crippen LogP contribution in [0.1, 0.15) is 30.9 Å². The number of nitrogens with one attached hydrogen (secondary N) is 1. The van der Waals surface area contributed by atoms with Crippen molar-refractivity contribution in [1.82, 2.24) is 10.2 Å². The van der Waals surface area contributed by atoms with Gasteiger partial charge in [-0.25, -0.2) is 0 Å². The molecule has 5 rings (SSSR count). The summed E-state index contributed by atoms with van der Waals surface area (Å²) >= 11 is 5.75. The molecule has 6 heteroatoms. The summed E-state index contributed by atoms with van der Waals surface area (Å²) in [6.45, 7) is 0. The van der Waals surface area contributed by atoms with Gasteiger partial charge in [-0.05, 0) is 36.0 Å². The minimum Gasteiger partial charge on any atom is -0.356 e. The van der Waals surface area contributed by atoms with Crippen LogP contribution < -0.4 is 5.32 Å². The molecule has 1 aromatic rings. The lowest BCUT2D eigenvalue weighted by molar-refractivity contribution is -0.130. The summed E-state index contributed by atoms with van der Waals surface area (Å²) in [5.41, 5.74) is 5.59. The second-order valence-electron chi connectivity index (χ2n) is 6.64. The molecule has 1 aromatic carbocycles. The van der Waals surface area contributed by atoms with Crippen LogP contribution in [0.3, 0.4) is 0 Å². The molecule has 2 atom stereocenters. The predicted molar refractivity (Wildman–Crippen MR) is 108 cm³/mol. The minimum absolute atomic E-state index is 0.0709. The maximum atomic E-state index is 12.6. The smallest absolute Gasteiger partial charge is 0.235 e. The Labute approximate surface area is 161 Å². The fourth-order valence-electron chi connectivity index (χ4n) is 4.16. The molecule has 3 aliphatic heterocycles. The monoisotopic (exact) mass is 388 g/mol. The van der Waals surface area contributed by atoms with Crippen LogP contribution in [0.15, 0.2) is 51.4 Å². The Morgan fingerprint density at radius 2 is 1.88 bits per heavy atom. The Balaban J connectivity index is 1.66. The van der Waals surface area contributed by atoms with Crippen molar-refractivity contribution in [3.05, 3.63) is 57.0 Å². The van der Waals surface area contributed by atoms with Crippen molar-refractivity contribution >= 4 is 41.2 Å². The number of benzene rings is 1. The van der Waals surface area contributed by atoms with Crippen molar-refractivity contribution in [2.75, 3.05) is 17.3 Å². The number of fused-ring (bicyclic) bond motifs is 1. The Hall–Kier alpha value is -0.980. The zero-order valence-corrected chi connectivity index (χ0v) is 16.3. The molecule has 1 N–H and O–H groups in total. The number of hydrogen-bond donors (Lipinski definition) is 1. The number of carbonyl (C=O) groups is 1. The van der Waals surface area contributed by atoms with Gasteiger partial charge in [-0.3, -0.25) is 4.79 Å². The van der Waals surface area contributed by atoms with E-state index in [2.05, 4.69) is 40.5 Å². The summed E-state index contributed by atoms with van der Waals surface area (Å²) in [5, 5.41) is 3.74. The molecule has 3 heterocycles. The van der Waals surface area contributed by atoms with Crippen LogP contribution in [0.2, 0.25) is 0 Å². The molecule has 1 aliphatic carbocycles. The standard InChI is InChI=1S/C19H20N2OS3/c22-15-11-25-19-20-16-13(7-4-8-14(16)18-23-9-10-24-18)17(21(15)19)12-5-2-1-3-6-12/h1-3,5-6,17,19-20H,4,7-11H2. The molecule has 2 fully saturated rings. The zero-order valence-electron chi connectivity index (χ0n) is 13.9. The number of carbonyl (C=O) groups excluding carboxylic acids is 1. The van der Waals surface area contributed by atoms with Gasteiger partial charge in [0, 0.05) is 21.4 Å². The summed E-state index contributed by atoms with van der Waals surface area (Å²) in [5.74, 6) is 3.28. The number of rotatable bonds is 1. The van der Waals surface area contributed by atoms with Crippen molar-refractivity contribution in [3.63, 3.8) is 0 Å². The van der Waals surface area contributed by atoms with Crippen LogP contribution >= 0.6 is 35.3 Å². The van der Waals surface area contributed by atoms with Gasteiger partial charge in [0.1, 0.15) is 0 Å². The van der Waals surface area contributed by atoms with E-state index in [0.717, 1.165) is 12.8 Å². The number of thioether (sulfide) groups is 3. The number of nitrogens with zero attached hydrogens (tertiary/aromatic N) is 1. The van der Waals surface area contributed by atoms with Crippen molar-refractivity contribution in [3.8, 4) is 0 Å². The largest absolute Gasteiger partial charge is 0.356 e. The normalized spacial score (nSPS) is 29.0. The molecule has 0 bridgehead atoms. The van der Waals surface area contributed by atoms with Gasteiger partial charge in [-0.15, -0.1) is 35.3 Å². The SMILES string of the molecule is O=C1CSC2NC3=C(CCCC3=C3SCCS3)C(c3ccccc3)N12. The average molecular weight is 389 g/mol. The molecule has 2 saturated heterocycles. The van der Waals surface area contributed by atoms with E-state index in [9.17, 15) is 4.79 Å². The van der Waals surface area contributed by atoms with Crippen molar-refractivity contribution in [2.45, 2.75) is 30.8 Å². The molecule has 4 aliphatic rings. The first-order valence-corrected chi connectivity index (χ1v) is 11.8. The molecule has 130 valence electrons. The van der Waals surface area contributed by atoms with Crippen LogP contribution in [0.4, 0.5) is 0 Å². The van der Waals surface area contributed by atoms with E-state index in [1.54, 1.807) is 11.8 Å². The molecule has 1 amide bonds. The predicted octanol–water partition coefficient (Wildman–Crippen LogP) is 4.32. The summed E-state index contributed by atoms with van der Waals surface area (Å²) in [4.78, 5) is 14.7. The Morgan fingerprint density at radius 1 is 1.08 bits per heavy atom. The molecule has 0 saturated carbocycles. The quantitative estimate of drug-likeness (QED) is 0.775. The van der Waals surface area contributed by atoms with Gasteiger partial charge >= 0.3 is 0 Å². The first kappa shape index (κ1) is 16.2. The molecular formula is C19H20N2OS3. The van der Waals surface area contributed by atoms with E-state index in [-0.39, 0.29) is 17.4 Å². The van der Waals surface area contributed by atoms with E-state index >= 15 is 0 Å². The minimum atomic E-state index is 0.0709. The third kappa shape index (κ3) is 2.73. The van der Waals surface area contributed by atoms with E-state index < -0.39 is 0 Å². The van der Waals surface area contributed by atoms with Gasteiger partial charge in [-0.1, -0.05) is 30.3 Å². The number of allylic oxidation sites excluding steroid dienone is 1. The van der Waals surface area contributed by atoms with Crippen LogP contribution in [0.5, 0.6) is 0 Å². The second-order valence-corrected chi connectivity index (χ2v) is 10.2. The van der Waals surface area contributed by atoms with Gasteiger partial charge < -0.3 is 10.2 Å². The van der Waals surface area contributed by atoms with Crippen LogP contribution in [-0.4, -0.2) is 33.6 Å². The zero-order chi connectivity index (χ0) is 16.8. The maximum Gasteiger partial charge on any atom is 0.235 e. The van der Waals surface area contributed by atoms with Crippen molar-refractivity contribution in [1.29, 1.82) is 0 Å². The van der Waals surface area contributed by atoms with Gasteiger partial charge in [0.2, 0.25) is 5.91 Å². The van der Waals surface area contributed by atoms with Gasteiger partial charge in [0.15, 0.2) is 5.50 Å². The highest BCUT2D eigenvalue weighted by molar-refractivity contribution is 8.25. The number of hydrogen-bond acceptors (Lipinski definition) is 5. The van der Waals surface area contributed by atoms with Crippen LogP contribution in [0, 0.1) is 0 Å². The summed E-state index contributed by atoms with van der Waals surface area (Å²) in [6.07, 6.45) is 3.42. The maximum absolute atomic E-state index is 12.6. The molecule has 0 spiro atoms. The van der Waals surface area contributed by atoms with E-state index in [1.807, 2.05) is 23.5 Å². The molecule has 0 radical (unpaired) electrons. The highest BCUT2D eigenvalue weighted by atomic mass is 32.2. The van der Waals surface area contributed by atoms with Gasteiger partial charge in [0.05, 0.1) is 11.8 Å². The topological polar surface area (TPSA) is 32.3 Å². The fourth-order valence-corrected chi connectivity index (χ4v) is 7.83. The van der Waals surface area contributed by atoms with Crippen molar-refractivity contribution in [2.24, 2.45) is 0 Å². The third-order valence-electron chi connectivity index (χ3n) is 5.19. The van der Waals surface area contributed by atoms with E-state index in [0.29, 0.717) is 5.75 Å². The fraction of sp³-hybridized carbons (Fsp3) is 0.421. The molecule has 3 nitrogen and oxygen atoms in total. The molecule has 25 heavy (non-hydrogen) atoms. The van der Waals surface area contributed by atoms with E-state index in [4.69, 9.17) is 0 Å². The van der Waals surface area contributed by atoms with E-state index in [1.165, 1.54) is 44.6 Å². The van der Waals surface area contributed by atoms with Crippen LogP contribution in [-0.2, 0) is 4.79 Å². The summed E-state index contributed by atoms with van der Waals surface area (Å²) < 4.78 is 1.51. The van der Waals surface area contributed by atoms with Gasteiger partial charge in [-0.2, -0.15) is 0 Å². The molecular weight excluding hydrogens is 368 g/mol. The Kier molecular flexibility index (Phi) is 4.30. The summed E-state index contributed by atoms with van der Waals surface area (Å²) in [7, 11) is 0. The average Bonchev–Trinajstić information content (AvgIpc) is 3.31. The Morgan fingerprint density at radius 3 is 2.68 bits per heavy atom. The number of amides is 1. The highest BCUT2D eigenvalue weighted by Gasteiger charge is 2.45. The molecule has 0 aromatic heterocycles. The lowest BCUT2D eigenvalue weighted by Crippen LogP contribution is -2.50. The lowest BCUT2D eigenvalue weighted by Gasteiger charge is -2.44. The van der Waals surface area contributed by atoms with Gasteiger partial charge in [0.25, 0.3) is 0 Å². The van der Waals surface area contributed by atoms with Crippen molar-refractivity contribution < 1.29 is 4.79 Å². The highest BCUT2D eigenvalue weighted by Crippen LogP contribution is 2.50. The van der Waals surface area contributed by atoms with Crippen LogP contribution in [0.25, 0.3) is 0 Å². The third-order valence-corrected chi connectivity index (χ3v) is 9.06. The second kappa shape index (κ2) is 6.63. The Bertz CT molecular complexity index is 766. The lowest BCUT2D eigenvalue weighted by atomic mass is 9.83. The summed E-state index contributed by atoms with van der Waals surface area (Å²) in [6, 6.07) is 10.7. The molecule has 2 unspecified atom stereocenters. The first-order chi connectivity index (χ1) is 12.3.